The van der Waals surface area contributed by atoms with Gasteiger partial charge in [-0.1, -0.05) is 6.58 Å². The van der Waals surface area contributed by atoms with Gasteiger partial charge in [0.2, 0.25) is 0 Å². The summed E-state index contributed by atoms with van der Waals surface area (Å²) in [6.07, 6.45) is -0.958. The minimum atomic E-state index is -0.958. The highest BCUT2D eigenvalue weighted by atomic mass is 16.7. The predicted octanol–water partition coefficient (Wildman–Crippen LogP) is 1.01. The van der Waals surface area contributed by atoms with Crippen LogP contribution in [0.3, 0.4) is 0 Å². The number of rotatable bonds is 3. The van der Waals surface area contributed by atoms with E-state index in [4.69, 9.17) is 0 Å². The van der Waals surface area contributed by atoms with Gasteiger partial charge in [-0.3, -0.25) is 9.59 Å². The van der Waals surface area contributed by atoms with Crippen molar-refractivity contribution in [2.45, 2.75) is 27.1 Å². The lowest BCUT2D eigenvalue weighted by atomic mass is 10.3. The molecule has 4 nitrogen and oxygen atoms in total. The van der Waals surface area contributed by atoms with Crippen LogP contribution in [0, 0.1) is 0 Å². The molecule has 0 saturated carbocycles. The van der Waals surface area contributed by atoms with Gasteiger partial charge in [-0.2, -0.15) is 0 Å². The van der Waals surface area contributed by atoms with Crippen LogP contribution in [0.5, 0.6) is 0 Å². The van der Waals surface area contributed by atoms with E-state index in [2.05, 4.69) is 16.1 Å². The lowest BCUT2D eigenvalue weighted by Gasteiger charge is -2.15. The Bertz CT molecular complexity index is 191. The molecule has 0 fully saturated rings. The van der Waals surface area contributed by atoms with Crippen LogP contribution in [0.1, 0.15) is 20.8 Å². The smallest absolute Gasteiger partial charge is 0.305 e. The third-order valence-electron chi connectivity index (χ3n) is 0.948. The molecular formula is C8H12O4. The molecule has 12 heavy (non-hydrogen) atoms. The van der Waals surface area contributed by atoms with E-state index < -0.39 is 18.2 Å². The quantitative estimate of drug-likeness (QED) is 0.362. The minimum absolute atomic E-state index is 0.473. The third-order valence-corrected chi connectivity index (χ3v) is 0.948. The van der Waals surface area contributed by atoms with Crippen molar-refractivity contribution in [3.63, 3.8) is 0 Å². The van der Waals surface area contributed by atoms with Crippen molar-refractivity contribution in [1.82, 2.24) is 0 Å². The van der Waals surface area contributed by atoms with Crippen molar-refractivity contribution in [3.05, 3.63) is 12.2 Å². The molecule has 0 saturated heterocycles. The van der Waals surface area contributed by atoms with Crippen LogP contribution < -0.4 is 0 Å². The maximum Gasteiger partial charge on any atom is 0.305 e. The fourth-order valence-electron chi connectivity index (χ4n) is 0.527. The molecule has 0 aliphatic heterocycles. The zero-order chi connectivity index (χ0) is 9.72. The van der Waals surface area contributed by atoms with Gasteiger partial charge in [0.25, 0.3) is 6.29 Å². The molecule has 0 N–H and O–H groups in total. The van der Waals surface area contributed by atoms with Crippen LogP contribution in [-0.4, -0.2) is 18.2 Å². The van der Waals surface area contributed by atoms with Crippen molar-refractivity contribution in [3.8, 4) is 0 Å². The van der Waals surface area contributed by atoms with Crippen molar-refractivity contribution >= 4 is 11.9 Å². The highest BCUT2D eigenvalue weighted by molar-refractivity contribution is 5.68. The van der Waals surface area contributed by atoms with E-state index in [1.807, 2.05) is 0 Å². The molecule has 0 spiro atoms. The average molecular weight is 172 g/mol. The molecule has 0 heterocycles. The van der Waals surface area contributed by atoms with Crippen molar-refractivity contribution in [2.75, 3.05) is 0 Å². The Kier molecular flexibility index (Phi) is 4.04. The summed E-state index contributed by atoms with van der Waals surface area (Å²) in [6.45, 7) is 7.59. The van der Waals surface area contributed by atoms with Gasteiger partial charge >= 0.3 is 11.9 Å². The maximum atomic E-state index is 10.5. The zero-order valence-corrected chi connectivity index (χ0v) is 7.42. The summed E-state index contributed by atoms with van der Waals surface area (Å²) in [5.74, 6) is -1.02. The lowest BCUT2D eigenvalue weighted by molar-refractivity contribution is -0.177. The van der Waals surface area contributed by atoms with Crippen LogP contribution in [0.4, 0.5) is 0 Å². The number of hydrogen-bond donors (Lipinski definition) is 0. The van der Waals surface area contributed by atoms with Gasteiger partial charge in [-0.15, -0.1) is 0 Å². The summed E-state index contributed by atoms with van der Waals surface area (Å²) < 4.78 is 9.28. The molecule has 0 rings (SSSR count). The Morgan fingerprint density at radius 1 is 1.08 bits per heavy atom. The van der Waals surface area contributed by atoms with Crippen molar-refractivity contribution < 1.29 is 19.1 Å². The first-order valence-corrected chi connectivity index (χ1v) is 3.43. The van der Waals surface area contributed by atoms with Crippen LogP contribution in [0.2, 0.25) is 0 Å². The van der Waals surface area contributed by atoms with Gasteiger partial charge in [-0.05, 0) is 6.92 Å². The molecule has 0 aromatic heterocycles. The molecule has 0 aliphatic rings. The van der Waals surface area contributed by atoms with Gasteiger partial charge in [0, 0.05) is 19.4 Å². The number of esters is 2. The second kappa shape index (κ2) is 4.54. The van der Waals surface area contributed by atoms with Gasteiger partial charge < -0.3 is 9.47 Å². The fourth-order valence-corrected chi connectivity index (χ4v) is 0.527. The first-order chi connectivity index (χ1) is 5.43. The Morgan fingerprint density at radius 2 is 1.42 bits per heavy atom. The second-order valence-corrected chi connectivity index (χ2v) is 2.40. The van der Waals surface area contributed by atoms with Gasteiger partial charge in [-0.25, -0.2) is 0 Å². The van der Waals surface area contributed by atoms with E-state index in [-0.39, 0.29) is 0 Å². The van der Waals surface area contributed by atoms with E-state index in [9.17, 15) is 9.59 Å². The van der Waals surface area contributed by atoms with E-state index >= 15 is 0 Å². The monoisotopic (exact) mass is 172 g/mol. The number of hydrogen-bond acceptors (Lipinski definition) is 4. The Labute approximate surface area is 71.2 Å². The zero-order valence-electron chi connectivity index (χ0n) is 7.42. The number of carbonyl (C=O) groups is 2. The van der Waals surface area contributed by atoms with E-state index in [0.717, 1.165) is 0 Å². The first-order valence-electron chi connectivity index (χ1n) is 3.43. The third kappa shape index (κ3) is 4.49. The average Bonchev–Trinajstić information content (AvgIpc) is 1.83. The van der Waals surface area contributed by atoms with Crippen LogP contribution in [-0.2, 0) is 19.1 Å². The molecule has 0 radical (unpaired) electrons. The van der Waals surface area contributed by atoms with Gasteiger partial charge in [0.15, 0.2) is 0 Å². The molecule has 0 aromatic carbocycles. The van der Waals surface area contributed by atoms with Crippen molar-refractivity contribution in [1.29, 1.82) is 0 Å². The first kappa shape index (κ1) is 10.7. The minimum Gasteiger partial charge on any atom is -0.421 e. The van der Waals surface area contributed by atoms with E-state index in [1.54, 1.807) is 6.92 Å². The number of carbonyl (C=O) groups excluding carboxylic acids is 2. The molecule has 0 atom stereocenters. The molecular weight excluding hydrogens is 160 g/mol. The Balaban J connectivity index is 4.14. The highest BCUT2D eigenvalue weighted by Gasteiger charge is 2.15. The van der Waals surface area contributed by atoms with Crippen LogP contribution >= 0.6 is 0 Å². The second-order valence-electron chi connectivity index (χ2n) is 2.40. The molecule has 0 unspecified atom stereocenters. The molecule has 0 aromatic rings. The predicted molar refractivity (Wildman–Crippen MR) is 42.1 cm³/mol. The molecule has 0 aliphatic carbocycles. The molecule has 68 valence electrons. The lowest BCUT2D eigenvalue weighted by Crippen LogP contribution is -2.23. The normalized spacial score (nSPS) is 9.33. The number of ether oxygens (including phenoxy) is 2. The molecule has 4 heteroatoms. The van der Waals surface area contributed by atoms with E-state index in [1.165, 1.54) is 13.8 Å². The maximum absolute atomic E-state index is 10.5. The van der Waals surface area contributed by atoms with E-state index in [0.29, 0.717) is 5.57 Å². The Hall–Kier alpha value is -1.32. The van der Waals surface area contributed by atoms with Crippen molar-refractivity contribution in [2.24, 2.45) is 0 Å². The van der Waals surface area contributed by atoms with Crippen LogP contribution in [0.15, 0.2) is 12.2 Å². The van der Waals surface area contributed by atoms with Gasteiger partial charge in [0.1, 0.15) is 0 Å². The Morgan fingerprint density at radius 3 is 1.58 bits per heavy atom. The summed E-state index contributed by atoms with van der Waals surface area (Å²) in [5.41, 5.74) is 0.473. The molecule has 0 amide bonds. The van der Waals surface area contributed by atoms with Gasteiger partial charge in [0.05, 0.1) is 0 Å². The summed E-state index contributed by atoms with van der Waals surface area (Å²) >= 11 is 0. The highest BCUT2D eigenvalue weighted by Crippen LogP contribution is 2.05. The van der Waals surface area contributed by atoms with Crippen LogP contribution in [0.25, 0.3) is 0 Å². The molecule has 0 bridgehead atoms. The summed E-state index contributed by atoms with van der Waals surface area (Å²) in [4.78, 5) is 21.0. The topological polar surface area (TPSA) is 52.6 Å². The SMILES string of the molecule is C=C(C)C(OC(C)=O)OC(C)=O. The summed E-state index contributed by atoms with van der Waals surface area (Å²) in [7, 11) is 0. The fraction of sp³-hybridized carbons (Fsp3) is 0.500. The largest absolute Gasteiger partial charge is 0.421 e. The summed E-state index contributed by atoms with van der Waals surface area (Å²) in [5, 5.41) is 0. The standard InChI is InChI=1S/C8H12O4/c1-5(2)8(11-6(3)9)12-7(4)10/h8H,1H2,2-4H3. The summed E-state index contributed by atoms with van der Waals surface area (Å²) in [6, 6.07) is 0.